The monoisotopic (exact) mass is 653 g/mol. The molecule has 0 bridgehead atoms. The third kappa shape index (κ3) is 38.1. The van der Waals surface area contributed by atoms with E-state index in [1.807, 2.05) is 21.1 Å². The lowest BCUT2D eigenvalue weighted by Crippen LogP contribution is -2.37. The molecule has 0 aliphatic rings. The topological polar surface area (TPSA) is 83.5 Å². The smallest absolute Gasteiger partial charge is 0.381 e. The highest BCUT2D eigenvalue weighted by atomic mass is 31.2. The van der Waals surface area contributed by atoms with Crippen LogP contribution in [0.2, 0.25) is 0 Å². The molecule has 1 N–H and O–H groups in total. The van der Waals surface area contributed by atoms with E-state index in [1.165, 1.54) is 135 Å². The number of likely N-dealkylation sites (N-methyl/N-ethyl adjacent to an activating group) is 1. The summed E-state index contributed by atoms with van der Waals surface area (Å²) < 4.78 is 39.2. The van der Waals surface area contributed by atoms with E-state index in [0.29, 0.717) is 24.2 Å². The van der Waals surface area contributed by atoms with E-state index >= 15 is 0 Å². The van der Waals surface area contributed by atoms with E-state index in [1.54, 1.807) is 0 Å². The first-order chi connectivity index (χ1) is 21.3. The van der Waals surface area contributed by atoms with Crippen LogP contribution in [0.25, 0.3) is 0 Å². The standard InChI is InChI=1S/C35H74NO7P/c1-5-6-7-8-9-10-11-12-13-14-15-18-21-24-28-39-29-25-22-19-16-17-20-23-26-30-40-32-33-41-34-35-43-44(37,38)42-31-27-36(2,3)4/h5-35H2,1-4H3/p+1. The molecule has 0 amide bonds. The maximum absolute atomic E-state index is 11.8. The van der Waals surface area contributed by atoms with Crippen LogP contribution in [0.3, 0.4) is 0 Å². The summed E-state index contributed by atoms with van der Waals surface area (Å²) in [6.07, 6.45) is 29.6. The Balaban J connectivity index is 3.16. The zero-order valence-corrected chi connectivity index (χ0v) is 30.6. The van der Waals surface area contributed by atoms with Gasteiger partial charge in [0.1, 0.15) is 13.2 Å². The first kappa shape index (κ1) is 43.9. The van der Waals surface area contributed by atoms with Crippen molar-refractivity contribution in [1.29, 1.82) is 0 Å². The highest BCUT2D eigenvalue weighted by Gasteiger charge is 2.22. The van der Waals surface area contributed by atoms with Gasteiger partial charge in [-0.3, -0.25) is 9.05 Å². The Kier molecular flexibility index (Phi) is 32.8. The van der Waals surface area contributed by atoms with Gasteiger partial charge in [-0.2, -0.15) is 0 Å². The maximum Gasteiger partial charge on any atom is 0.472 e. The Morgan fingerprint density at radius 2 is 0.727 bits per heavy atom. The molecule has 1 atom stereocenters. The second-order valence-electron chi connectivity index (χ2n) is 13.4. The molecular weight excluding hydrogens is 577 g/mol. The average Bonchev–Trinajstić information content (AvgIpc) is 2.97. The quantitative estimate of drug-likeness (QED) is 0.0407. The number of nitrogens with zero attached hydrogens (tertiary/aromatic N) is 1. The zero-order chi connectivity index (χ0) is 32.5. The van der Waals surface area contributed by atoms with Crippen LogP contribution < -0.4 is 0 Å². The minimum Gasteiger partial charge on any atom is -0.381 e. The Morgan fingerprint density at radius 1 is 0.432 bits per heavy atom. The van der Waals surface area contributed by atoms with Gasteiger partial charge in [0, 0.05) is 19.8 Å². The van der Waals surface area contributed by atoms with Gasteiger partial charge in [-0.15, -0.1) is 0 Å². The van der Waals surface area contributed by atoms with Crippen molar-refractivity contribution in [3.05, 3.63) is 0 Å². The van der Waals surface area contributed by atoms with Crippen LogP contribution in [-0.4, -0.2) is 89.9 Å². The third-order valence-corrected chi connectivity index (χ3v) is 8.86. The molecule has 0 fully saturated rings. The Hall–Kier alpha value is -0.0500. The molecule has 266 valence electrons. The fourth-order valence-electron chi connectivity index (χ4n) is 4.97. The summed E-state index contributed by atoms with van der Waals surface area (Å²) in [5.41, 5.74) is 0. The van der Waals surface area contributed by atoms with Gasteiger partial charge in [0.2, 0.25) is 0 Å². The number of unbranched alkanes of at least 4 members (excludes halogenated alkanes) is 20. The molecule has 0 aromatic rings. The molecule has 0 saturated heterocycles. The number of hydrogen-bond acceptors (Lipinski definition) is 6. The van der Waals surface area contributed by atoms with Crippen molar-refractivity contribution in [2.24, 2.45) is 0 Å². The number of phosphoric acid groups is 1. The van der Waals surface area contributed by atoms with E-state index in [9.17, 15) is 9.46 Å². The van der Waals surface area contributed by atoms with E-state index in [0.717, 1.165) is 26.2 Å². The lowest BCUT2D eigenvalue weighted by molar-refractivity contribution is -0.870. The molecular formula is C35H75NO7P+. The molecule has 0 aromatic carbocycles. The molecule has 8 nitrogen and oxygen atoms in total. The molecule has 0 aromatic heterocycles. The highest BCUT2D eigenvalue weighted by Crippen LogP contribution is 2.42. The minimum absolute atomic E-state index is 0.0186. The van der Waals surface area contributed by atoms with E-state index in [-0.39, 0.29) is 19.8 Å². The Morgan fingerprint density at radius 3 is 1.11 bits per heavy atom. The number of hydrogen-bond donors (Lipinski definition) is 1. The van der Waals surface area contributed by atoms with Crippen LogP contribution in [0.1, 0.15) is 148 Å². The fraction of sp³-hybridized carbons (Fsp3) is 1.00. The van der Waals surface area contributed by atoms with Crippen molar-refractivity contribution in [3.8, 4) is 0 Å². The van der Waals surface area contributed by atoms with Crippen LogP contribution in [0.4, 0.5) is 0 Å². The SMILES string of the molecule is CCCCCCCCCCCCCCCCOCCCCCCCCCCOCCOCCOP(=O)(O)OCC[N+](C)(C)C. The van der Waals surface area contributed by atoms with Gasteiger partial charge in [0.15, 0.2) is 0 Å². The van der Waals surface area contributed by atoms with Gasteiger partial charge in [0.25, 0.3) is 0 Å². The van der Waals surface area contributed by atoms with Crippen molar-refractivity contribution < 1.29 is 37.2 Å². The summed E-state index contributed by atoms with van der Waals surface area (Å²) in [5.74, 6) is 0. The maximum atomic E-state index is 11.8. The molecule has 1 unspecified atom stereocenters. The van der Waals surface area contributed by atoms with Crippen molar-refractivity contribution in [2.45, 2.75) is 148 Å². The molecule has 0 aliphatic carbocycles. The Bertz CT molecular complexity index is 618. The van der Waals surface area contributed by atoms with Crippen molar-refractivity contribution in [3.63, 3.8) is 0 Å². The summed E-state index contributed by atoms with van der Waals surface area (Å²) in [4.78, 5) is 9.64. The molecule has 0 aliphatic heterocycles. The normalized spacial score (nSPS) is 13.5. The number of quaternary nitrogens is 1. The summed E-state index contributed by atoms with van der Waals surface area (Å²) in [5, 5.41) is 0. The molecule has 0 rings (SSSR count). The Labute approximate surface area is 273 Å². The molecule has 0 heterocycles. The van der Waals surface area contributed by atoms with Crippen molar-refractivity contribution in [1.82, 2.24) is 0 Å². The number of ether oxygens (including phenoxy) is 3. The van der Waals surface area contributed by atoms with Crippen LogP contribution in [0.15, 0.2) is 0 Å². The van der Waals surface area contributed by atoms with Crippen molar-refractivity contribution >= 4 is 7.82 Å². The van der Waals surface area contributed by atoms with Gasteiger partial charge in [-0.25, -0.2) is 4.57 Å². The molecule has 0 radical (unpaired) electrons. The van der Waals surface area contributed by atoms with E-state index in [2.05, 4.69) is 6.92 Å². The second-order valence-corrected chi connectivity index (χ2v) is 14.9. The molecule has 44 heavy (non-hydrogen) atoms. The van der Waals surface area contributed by atoms with Crippen LogP contribution in [-0.2, 0) is 27.8 Å². The largest absolute Gasteiger partial charge is 0.472 e. The van der Waals surface area contributed by atoms with Crippen LogP contribution >= 0.6 is 7.82 Å². The van der Waals surface area contributed by atoms with Gasteiger partial charge >= 0.3 is 7.82 Å². The number of rotatable bonds is 37. The van der Waals surface area contributed by atoms with E-state index in [4.69, 9.17) is 23.3 Å². The average molecular weight is 653 g/mol. The van der Waals surface area contributed by atoms with Gasteiger partial charge in [-0.05, 0) is 19.3 Å². The fourth-order valence-corrected chi connectivity index (χ4v) is 5.66. The predicted molar refractivity (Wildman–Crippen MR) is 184 cm³/mol. The van der Waals surface area contributed by atoms with Crippen molar-refractivity contribution in [2.75, 3.05) is 80.5 Å². The van der Waals surface area contributed by atoms with E-state index < -0.39 is 7.82 Å². The third-order valence-electron chi connectivity index (χ3n) is 7.84. The summed E-state index contributed by atoms with van der Waals surface area (Å²) in [6.45, 7) is 6.93. The number of phosphoric ester groups is 1. The summed E-state index contributed by atoms with van der Waals surface area (Å²) in [6, 6.07) is 0. The molecule has 0 saturated carbocycles. The first-order valence-corrected chi connectivity index (χ1v) is 19.9. The van der Waals surface area contributed by atoms with Gasteiger partial charge in [-0.1, -0.05) is 129 Å². The molecule has 0 spiro atoms. The van der Waals surface area contributed by atoms with Crippen LogP contribution in [0, 0.1) is 0 Å². The summed E-state index contributed by atoms with van der Waals surface area (Å²) in [7, 11) is 1.96. The van der Waals surface area contributed by atoms with Gasteiger partial charge < -0.3 is 23.6 Å². The molecule has 9 heteroatoms. The first-order valence-electron chi connectivity index (χ1n) is 18.4. The van der Waals surface area contributed by atoms with Gasteiger partial charge in [0.05, 0.1) is 47.6 Å². The highest BCUT2D eigenvalue weighted by molar-refractivity contribution is 7.47. The predicted octanol–water partition coefficient (Wildman–Crippen LogP) is 9.48. The second kappa shape index (κ2) is 32.9. The lowest BCUT2D eigenvalue weighted by atomic mass is 10.0. The lowest BCUT2D eigenvalue weighted by Gasteiger charge is -2.24. The zero-order valence-electron chi connectivity index (χ0n) is 29.7. The summed E-state index contributed by atoms with van der Waals surface area (Å²) >= 11 is 0. The van der Waals surface area contributed by atoms with Crippen LogP contribution in [0.5, 0.6) is 0 Å². The minimum atomic E-state index is -4.01.